The standard InChI is InChI=1S/3C15H13ClN2O.Sb/c3*16-11-7-5-10(6-8-11)13-9-14(18-17-13)12-3-1-2-4-15(12)19;/h3*1-8,13,17,19H,9H2;/q;;;+3/p-3. The molecule has 3 unspecified atom stereocenters. The molecule has 6 aromatic rings. The van der Waals surface area contributed by atoms with E-state index >= 15 is 0 Å². The molecule has 9 rings (SSSR count). The van der Waals surface area contributed by atoms with E-state index < -0.39 is 0 Å². The number of halogens is 3. The molecule has 58 heavy (non-hydrogen) atoms. The van der Waals surface area contributed by atoms with Crippen molar-refractivity contribution in [1.29, 1.82) is 0 Å². The first kappa shape index (κ1) is 42.4. The molecule has 0 bridgehead atoms. The van der Waals surface area contributed by atoms with E-state index in [0.29, 0.717) is 51.0 Å². The predicted molar refractivity (Wildman–Crippen MR) is 229 cm³/mol. The minimum Gasteiger partial charge on any atom is -0.872 e. The molecular weight excluding hydrogens is 901 g/mol. The zero-order valence-corrected chi connectivity index (χ0v) is 35.7. The van der Waals surface area contributed by atoms with Crippen LogP contribution in [0.25, 0.3) is 0 Å². The van der Waals surface area contributed by atoms with Crippen molar-refractivity contribution in [2.45, 2.75) is 37.4 Å². The van der Waals surface area contributed by atoms with E-state index in [1.165, 1.54) is 0 Å². The van der Waals surface area contributed by atoms with Crippen LogP contribution in [-0.4, -0.2) is 41.6 Å². The van der Waals surface area contributed by atoms with E-state index in [9.17, 15) is 15.3 Å². The van der Waals surface area contributed by atoms with Gasteiger partial charge in [-0.15, -0.1) is 0 Å². The number of nitrogens with one attached hydrogen (secondary N) is 3. The molecule has 13 heteroatoms. The Kier molecular flexibility index (Phi) is 14.6. The second kappa shape index (κ2) is 20.0. The van der Waals surface area contributed by atoms with E-state index in [0.717, 1.165) is 33.8 Å². The molecule has 3 atom stereocenters. The molecule has 2 radical (unpaired) electrons. The van der Waals surface area contributed by atoms with Gasteiger partial charge in [0.15, 0.2) is 0 Å². The maximum absolute atomic E-state index is 11.8. The third-order valence-electron chi connectivity index (χ3n) is 9.67. The zero-order chi connectivity index (χ0) is 39.7. The molecule has 3 aliphatic heterocycles. The normalized spacial score (nSPS) is 17.6. The van der Waals surface area contributed by atoms with Crippen molar-refractivity contribution >= 4 is 76.4 Å². The molecule has 3 aliphatic rings. The molecule has 0 aliphatic carbocycles. The Balaban J connectivity index is 0.000000145. The number of benzene rings is 6. The number of hydrogen-bond acceptors (Lipinski definition) is 9. The Labute approximate surface area is 369 Å². The molecule has 6 aromatic carbocycles. The fourth-order valence-corrected chi connectivity index (χ4v) is 6.99. The first-order chi connectivity index (χ1) is 27.7. The zero-order valence-electron chi connectivity index (χ0n) is 30.9. The smallest absolute Gasteiger partial charge is 0.872 e. The van der Waals surface area contributed by atoms with Crippen LogP contribution in [0.2, 0.25) is 15.1 Å². The summed E-state index contributed by atoms with van der Waals surface area (Å²) < 4.78 is 0. The van der Waals surface area contributed by atoms with Crippen molar-refractivity contribution in [1.82, 2.24) is 16.3 Å². The van der Waals surface area contributed by atoms with Crippen LogP contribution in [0.15, 0.2) is 161 Å². The average molecular weight is 937 g/mol. The van der Waals surface area contributed by atoms with Crippen LogP contribution in [0, 0.1) is 0 Å². The quantitative estimate of drug-likeness (QED) is 0.144. The molecule has 290 valence electrons. The van der Waals surface area contributed by atoms with Gasteiger partial charge in [-0.3, -0.25) is 0 Å². The summed E-state index contributed by atoms with van der Waals surface area (Å²) >= 11 is 17.6. The number of hydrogen-bond donors (Lipinski definition) is 3. The van der Waals surface area contributed by atoms with Crippen molar-refractivity contribution in [2.75, 3.05) is 0 Å². The van der Waals surface area contributed by atoms with Gasteiger partial charge >= 0.3 is 24.4 Å². The van der Waals surface area contributed by atoms with E-state index in [4.69, 9.17) is 34.8 Å². The van der Waals surface area contributed by atoms with Gasteiger partial charge in [0.05, 0.1) is 35.3 Å². The monoisotopic (exact) mass is 934 g/mol. The molecule has 9 nitrogen and oxygen atoms in total. The van der Waals surface area contributed by atoms with E-state index in [1.54, 1.807) is 36.4 Å². The van der Waals surface area contributed by atoms with Crippen molar-refractivity contribution in [3.8, 4) is 17.2 Å². The summed E-state index contributed by atoms with van der Waals surface area (Å²) in [6.07, 6.45) is 2.13. The van der Waals surface area contributed by atoms with Gasteiger partial charge in [-0.1, -0.05) is 161 Å². The molecule has 0 spiro atoms. The summed E-state index contributed by atoms with van der Waals surface area (Å²) in [6, 6.07) is 44.2. The van der Waals surface area contributed by atoms with Gasteiger partial charge in [0.1, 0.15) is 0 Å². The summed E-state index contributed by atoms with van der Waals surface area (Å²) in [4.78, 5) is 0. The Morgan fingerprint density at radius 2 is 0.621 bits per heavy atom. The van der Waals surface area contributed by atoms with Gasteiger partial charge < -0.3 is 31.6 Å². The largest absolute Gasteiger partial charge is 3.00 e. The first-order valence-corrected chi connectivity index (χ1v) is 19.4. The van der Waals surface area contributed by atoms with Crippen molar-refractivity contribution in [2.24, 2.45) is 15.3 Å². The topological polar surface area (TPSA) is 142 Å². The van der Waals surface area contributed by atoms with Crippen molar-refractivity contribution in [3.05, 3.63) is 194 Å². The van der Waals surface area contributed by atoms with Crippen LogP contribution in [0.1, 0.15) is 70.8 Å². The summed E-state index contributed by atoms with van der Waals surface area (Å²) in [7, 11) is 0. The number of para-hydroxylation sites is 3. The summed E-state index contributed by atoms with van der Waals surface area (Å²) in [5.41, 5.74) is 17.0. The van der Waals surface area contributed by atoms with Crippen LogP contribution in [-0.2, 0) is 0 Å². The SMILES string of the molecule is [O-]c1ccccc1C1=NNC(c2ccc(Cl)cc2)C1.[O-]c1ccccc1C1=NNC(c2ccc(Cl)cc2)C1.[O-]c1ccccc1C1=NNC(c2ccc(Cl)cc2)C1.[Sb+3]. The molecule has 0 saturated heterocycles. The van der Waals surface area contributed by atoms with Crippen LogP contribution in [0.3, 0.4) is 0 Å². The van der Waals surface area contributed by atoms with Gasteiger partial charge in [0, 0.05) is 34.3 Å². The first-order valence-electron chi connectivity index (χ1n) is 18.2. The maximum Gasteiger partial charge on any atom is 3.00 e. The predicted octanol–water partition coefficient (Wildman–Crippen LogP) is 8.18. The molecule has 0 aromatic heterocycles. The van der Waals surface area contributed by atoms with E-state index in [1.807, 2.05) is 109 Å². The summed E-state index contributed by atoms with van der Waals surface area (Å²) in [5.74, 6) is 0.0411. The molecule has 0 saturated carbocycles. The molecule has 3 N–H and O–H groups in total. The minimum atomic E-state index is 0. The van der Waals surface area contributed by atoms with Crippen molar-refractivity contribution in [3.63, 3.8) is 0 Å². The van der Waals surface area contributed by atoms with E-state index in [-0.39, 0.29) is 59.8 Å². The van der Waals surface area contributed by atoms with Gasteiger partial charge in [0.25, 0.3) is 0 Å². The molecule has 0 amide bonds. The van der Waals surface area contributed by atoms with Crippen molar-refractivity contribution < 1.29 is 15.3 Å². The molecule has 3 heterocycles. The number of nitrogens with zero attached hydrogens (tertiary/aromatic N) is 3. The Morgan fingerprint density at radius 3 is 0.862 bits per heavy atom. The van der Waals surface area contributed by atoms with Gasteiger partial charge in [-0.05, 0) is 69.8 Å². The maximum atomic E-state index is 11.8. The fraction of sp³-hybridized carbons (Fsp3) is 0.133. The number of hydrazone groups is 3. The second-order valence-corrected chi connectivity index (χ2v) is 14.8. The van der Waals surface area contributed by atoms with Crippen LogP contribution >= 0.6 is 34.8 Å². The van der Waals surface area contributed by atoms with Gasteiger partial charge in [-0.25, -0.2) is 0 Å². The average Bonchev–Trinajstić information content (AvgIpc) is 4.03. The summed E-state index contributed by atoms with van der Waals surface area (Å²) in [6.45, 7) is 0. The molecule has 0 fully saturated rings. The van der Waals surface area contributed by atoms with Gasteiger partial charge in [0.2, 0.25) is 0 Å². The van der Waals surface area contributed by atoms with Crippen LogP contribution in [0.5, 0.6) is 17.2 Å². The molecular formula is C45H36Cl3N6O3Sb. The Bertz CT molecular complexity index is 2140. The van der Waals surface area contributed by atoms with E-state index in [2.05, 4.69) is 31.6 Å². The Hall–Kier alpha value is -5.18. The minimum absolute atomic E-state index is 0. The van der Waals surface area contributed by atoms with Gasteiger partial charge in [-0.2, -0.15) is 15.3 Å². The number of rotatable bonds is 6. The van der Waals surface area contributed by atoms with Crippen LogP contribution in [0.4, 0.5) is 0 Å². The summed E-state index contributed by atoms with van der Waals surface area (Å²) in [5, 5.41) is 50.3. The third kappa shape index (κ3) is 10.7. The third-order valence-corrected chi connectivity index (χ3v) is 10.4. The fourth-order valence-electron chi connectivity index (χ4n) is 6.61. The second-order valence-electron chi connectivity index (χ2n) is 13.5. The van der Waals surface area contributed by atoms with Crippen LogP contribution < -0.4 is 31.6 Å². The Morgan fingerprint density at radius 1 is 0.379 bits per heavy atom.